The lowest BCUT2D eigenvalue weighted by Gasteiger charge is -2.27. The van der Waals surface area contributed by atoms with E-state index >= 15 is 0 Å². The summed E-state index contributed by atoms with van der Waals surface area (Å²) in [5, 5.41) is 3.77. The van der Waals surface area contributed by atoms with E-state index in [1.807, 2.05) is 6.92 Å². The van der Waals surface area contributed by atoms with E-state index in [1.165, 1.54) is 0 Å². The normalized spacial score (nSPS) is 12.5. The minimum atomic E-state index is 0.221. The van der Waals surface area contributed by atoms with Crippen LogP contribution in [-0.4, -0.2) is 10.1 Å². The van der Waals surface area contributed by atoms with Crippen LogP contribution in [0.2, 0.25) is 0 Å². The number of rotatable bonds is 3. The fourth-order valence-electron chi connectivity index (χ4n) is 1.01. The van der Waals surface area contributed by atoms with Gasteiger partial charge < -0.3 is 4.52 Å². The van der Waals surface area contributed by atoms with Crippen molar-refractivity contribution in [2.75, 3.05) is 0 Å². The largest absolute Gasteiger partial charge is 0.339 e. The smallest absolute Gasteiger partial charge is 0.227 e. The SMILES string of the molecule is Cc1noc(CC(C)(C)C(C)C)n1. The summed E-state index contributed by atoms with van der Waals surface area (Å²) in [6.07, 6.45) is 0.853. The van der Waals surface area contributed by atoms with Crippen molar-refractivity contribution in [3.63, 3.8) is 0 Å². The van der Waals surface area contributed by atoms with Crippen LogP contribution in [-0.2, 0) is 6.42 Å². The second kappa shape index (κ2) is 3.48. The van der Waals surface area contributed by atoms with Gasteiger partial charge in [0.2, 0.25) is 5.89 Å². The highest BCUT2D eigenvalue weighted by Gasteiger charge is 2.25. The molecule has 0 atom stereocenters. The van der Waals surface area contributed by atoms with Crippen LogP contribution in [0.3, 0.4) is 0 Å². The van der Waals surface area contributed by atoms with Crippen LogP contribution in [0.4, 0.5) is 0 Å². The van der Waals surface area contributed by atoms with E-state index in [2.05, 4.69) is 37.8 Å². The highest BCUT2D eigenvalue weighted by atomic mass is 16.5. The van der Waals surface area contributed by atoms with Crippen molar-refractivity contribution in [3.05, 3.63) is 11.7 Å². The Morgan fingerprint density at radius 3 is 2.38 bits per heavy atom. The number of hydrogen-bond donors (Lipinski definition) is 0. The molecule has 0 fully saturated rings. The molecule has 0 saturated carbocycles. The van der Waals surface area contributed by atoms with Gasteiger partial charge in [-0.3, -0.25) is 0 Å². The first-order valence-corrected chi connectivity index (χ1v) is 4.71. The van der Waals surface area contributed by atoms with Gasteiger partial charge in [0.1, 0.15) is 0 Å². The second-order valence-electron chi connectivity index (χ2n) is 4.56. The molecule has 0 aliphatic rings. The van der Waals surface area contributed by atoms with Crippen LogP contribution in [0.25, 0.3) is 0 Å². The van der Waals surface area contributed by atoms with Crippen LogP contribution in [0.1, 0.15) is 39.4 Å². The third kappa shape index (κ3) is 2.54. The monoisotopic (exact) mass is 182 g/mol. The summed E-state index contributed by atoms with van der Waals surface area (Å²) in [7, 11) is 0. The van der Waals surface area contributed by atoms with Crippen molar-refractivity contribution in [3.8, 4) is 0 Å². The molecule has 13 heavy (non-hydrogen) atoms. The van der Waals surface area contributed by atoms with Crippen molar-refractivity contribution in [2.45, 2.75) is 41.0 Å². The summed E-state index contributed by atoms with van der Waals surface area (Å²) in [5.74, 6) is 2.07. The van der Waals surface area contributed by atoms with Crippen molar-refractivity contribution < 1.29 is 4.52 Å². The van der Waals surface area contributed by atoms with Crippen molar-refractivity contribution in [1.29, 1.82) is 0 Å². The van der Waals surface area contributed by atoms with Crippen molar-refractivity contribution >= 4 is 0 Å². The molecular weight excluding hydrogens is 164 g/mol. The van der Waals surface area contributed by atoms with Crippen molar-refractivity contribution in [1.82, 2.24) is 10.1 Å². The molecule has 1 aromatic rings. The summed E-state index contributed by atoms with van der Waals surface area (Å²) in [6.45, 7) is 10.7. The van der Waals surface area contributed by atoms with Gasteiger partial charge in [-0.25, -0.2) is 0 Å². The molecule has 0 aliphatic carbocycles. The lowest BCUT2D eigenvalue weighted by molar-refractivity contribution is 0.218. The molecule has 0 N–H and O–H groups in total. The quantitative estimate of drug-likeness (QED) is 0.721. The van der Waals surface area contributed by atoms with Gasteiger partial charge in [-0.05, 0) is 18.3 Å². The van der Waals surface area contributed by atoms with E-state index in [-0.39, 0.29) is 5.41 Å². The number of aromatic nitrogens is 2. The average Bonchev–Trinajstić information content (AvgIpc) is 2.34. The molecule has 1 heterocycles. The molecule has 0 aromatic carbocycles. The minimum Gasteiger partial charge on any atom is -0.339 e. The molecule has 0 bridgehead atoms. The van der Waals surface area contributed by atoms with Crippen LogP contribution in [0, 0.1) is 18.3 Å². The Balaban J connectivity index is 2.68. The Morgan fingerprint density at radius 1 is 1.38 bits per heavy atom. The zero-order valence-electron chi connectivity index (χ0n) is 9.09. The van der Waals surface area contributed by atoms with Gasteiger partial charge in [0.05, 0.1) is 0 Å². The summed E-state index contributed by atoms with van der Waals surface area (Å²) >= 11 is 0. The van der Waals surface area contributed by atoms with Gasteiger partial charge >= 0.3 is 0 Å². The fraction of sp³-hybridized carbons (Fsp3) is 0.800. The Kier molecular flexibility index (Phi) is 2.74. The fourth-order valence-corrected chi connectivity index (χ4v) is 1.01. The number of hydrogen-bond acceptors (Lipinski definition) is 3. The molecule has 0 amide bonds. The topological polar surface area (TPSA) is 38.9 Å². The van der Waals surface area contributed by atoms with Gasteiger partial charge in [-0.2, -0.15) is 4.98 Å². The van der Waals surface area contributed by atoms with Crippen LogP contribution < -0.4 is 0 Å². The second-order valence-corrected chi connectivity index (χ2v) is 4.56. The molecule has 1 aromatic heterocycles. The molecule has 74 valence electrons. The van der Waals surface area contributed by atoms with Gasteiger partial charge in [-0.1, -0.05) is 32.9 Å². The summed E-state index contributed by atoms with van der Waals surface area (Å²) in [6, 6.07) is 0. The van der Waals surface area contributed by atoms with Gasteiger partial charge in [-0.15, -0.1) is 0 Å². The highest BCUT2D eigenvalue weighted by molar-refractivity contribution is 4.89. The number of aryl methyl sites for hydroxylation is 1. The molecule has 0 saturated heterocycles. The maximum Gasteiger partial charge on any atom is 0.227 e. The van der Waals surface area contributed by atoms with E-state index in [0.717, 1.165) is 18.1 Å². The van der Waals surface area contributed by atoms with E-state index in [9.17, 15) is 0 Å². The Bertz CT molecular complexity index is 276. The van der Waals surface area contributed by atoms with E-state index in [1.54, 1.807) is 0 Å². The molecule has 0 spiro atoms. The first kappa shape index (κ1) is 10.2. The van der Waals surface area contributed by atoms with Gasteiger partial charge in [0.15, 0.2) is 5.82 Å². The van der Waals surface area contributed by atoms with E-state index < -0.39 is 0 Å². The lowest BCUT2D eigenvalue weighted by atomic mass is 9.78. The Morgan fingerprint density at radius 2 is 2.00 bits per heavy atom. The Labute approximate surface area is 79.5 Å². The van der Waals surface area contributed by atoms with Crippen LogP contribution in [0.5, 0.6) is 0 Å². The predicted molar refractivity (Wildman–Crippen MR) is 51.4 cm³/mol. The third-order valence-electron chi connectivity index (χ3n) is 2.74. The van der Waals surface area contributed by atoms with E-state index in [0.29, 0.717) is 5.92 Å². The maximum absolute atomic E-state index is 5.09. The summed E-state index contributed by atoms with van der Waals surface area (Å²) < 4.78 is 5.09. The van der Waals surface area contributed by atoms with Crippen LogP contribution >= 0.6 is 0 Å². The maximum atomic E-state index is 5.09. The number of nitrogens with zero attached hydrogens (tertiary/aromatic N) is 2. The van der Waals surface area contributed by atoms with Gasteiger partial charge in [0.25, 0.3) is 0 Å². The molecule has 0 unspecified atom stereocenters. The zero-order valence-corrected chi connectivity index (χ0v) is 9.09. The first-order chi connectivity index (χ1) is 5.92. The third-order valence-corrected chi connectivity index (χ3v) is 2.74. The lowest BCUT2D eigenvalue weighted by Crippen LogP contribution is -2.22. The molecule has 3 heteroatoms. The molecule has 0 aliphatic heterocycles. The molecule has 0 radical (unpaired) electrons. The zero-order chi connectivity index (χ0) is 10.1. The van der Waals surface area contributed by atoms with Crippen molar-refractivity contribution in [2.24, 2.45) is 11.3 Å². The van der Waals surface area contributed by atoms with E-state index in [4.69, 9.17) is 4.52 Å². The molecular formula is C10H18N2O. The predicted octanol–water partition coefficient (Wildman–Crippen LogP) is 2.60. The van der Waals surface area contributed by atoms with Gasteiger partial charge in [0, 0.05) is 6.42 Å². The summed E-state index contributed by atoms with van der Waals surface area (Å²) in [4.78, 5) is 4.20. The Hall–Kier alpha value is -0.860. The minimum absolute atomic E-state index is 0.221. The average molecular weight is 182 g/mol. The highest BCUT2D eigenvalue weighted by Crippen LogP contribution is 2.29. The molecule has 3 nitrogen and oxygen atoms in total. The molecule has 1 rings (SSSR count). The summed E-state index contributed by atoms with van der Waals surface area (Å²) in [5.41, 5.74) is 0.221. The van der Waals surface area contributed by atoms with Crippen LogP contribution in [0.15, 0.2) is 4.52 Å². The standard InChI is InChI=1S/C10H18N2O/c1-7(2)10(4,5)6-9-11-8(3)12-13-9/h7H,6H2,1-5H3. The first-order valence-electron chi connectivity index (χ1n) is 4.71.